The van der Waals surface area contributed by atoms with Crippen molar-refractivity contribution in [2.45, 2.75) is 26.4 Å². The summed E-state index contributed by atoms with van der Waals surface area (Å²) in [7, 11) is 1.64. The molecule has 1 aromatic carbocycles. The van der Waals surface area contributed by atoms with Gasteiger partial charge in [-0.15, -0.1) is 0 Å². The van der Waals surface area contributed by atoms with Gasteiger partial charge >= 0.3 is 0 Å². The fourth-order valence-corrected chi connectivity index (χ4v) is 1.35. The molecular weight excluding hydrogens is 176 g/mol. The van der Waals surface area contributed by atoms with Crippen LogP contribution in [-0.4, -0.2) is 12.2 Å². The van der Waals surface area contributed by atoms with E-state index < -0.39 is 0 Å². The Hall–Kier alpha value is -1.02. The minimum atomic E-state index is -0.370. The highest BCUT2D eigenvalue weighted by Crippen LogP contribution is 2.25. The van der Waals surface area contributed by atoms with Crippen LogP contribution in [0.3, 0.4) is 0 Å². The van der Waals surface area contributed by atoms with Crippen LogP contribution in [-0.2, 0) is 0 Å². The van der Waals surface area contributed by atoms with Crippen LogP contribution in [0.15, 0.2) is 24.3 Å². The molecule has 1 aromatic rings. The van der Waals surface area contributed by atoms with Crippen LogP contribution in [0.4, 0.5) is 0 Å². The van der Waals surface area contributed by atoms with Gasteiger partial charge in [0.15, 0.2) is 0 Å². The van der Waals surface area contributed by atoms with Gasteiger partial charge in [0.2, 0.25) is 0 Å². The van der Waals surface area contributed by atoms with Crippen molar-refractivity contribution >= 4 is 0 Å². The van der Waals surface area contributed by atoms with E-state index in [1.807, 2.05) is 24.3 Å². The van der Waals surface area contributed by atoms with Crippen molar-refractivity contribution in [2.75, 3.05) is 7.11 Å². The molecule has 0 bridgehead atoms. The second-order valence-electron chi connectivity index (χ2n) is 3.60. The third-order valence-electron chi connectivity index (χ3n) is 2.64. The summed E-state index contributed by atoms with van der Waals surface area (Å²) in [4.78, 5) is 0. The summed E-state index contributed by atoms with van der Waals surface area (Å²) in [6, 6.07) is 7.58. The monoisotopic (exact) mass is 194 g/mol. The summed E-state index contributed by atoms with van der Waals surface area (Å²) < 4.78 is 5.05. The van der Waals surface area contributed by atoms with Gasteiger partial charge in [-0.1, -0.05) is 32.4 Å². The van der Waals surface area contributed by atoms with Gasteiger partial charge in [-0.25, -0.2) is 0 Å². The van der Waals surface area contributed by atoms with E-state index in [9.17, 15) is 5.11 Å². The molecular formula is C12H18O2. The van der Waals surface area contributed by atoms with Crippen LogP contribution >= 0.6 is 0 Å². The van der Waals surface area contributed by atoms with Gasteiger partial charge in [0.1, 0.15) is 5.75 Å². The summed E-state index contributed by atoms with van der Waals surface area (Å²) in [5.41, 5.74) is 0.958. The molecule has 1 rings (SSSR count). The zero-order valence-electron chi connectivity index (χ0n) is 9.03. The van der Waals surface area contributed by atoms with Gasteiger partial charge < -0.3 is 9.84 Å². The number of aliphatic hydroxyl groups excluding tert-OH is 1. The SMILES string of the molecule is CC[C@H](C)[C@@H](O)c1ccc(OC)cc1. The van der Waals surface area contributed by atoms with E-state index in [1.54, 1.807) is 7.11 Å². The number of ether oxygens (including phenoxy) is 1. The largest absolute Gasteiger partial charge is 0.497 e. The first-order chi connectivity index (χ1) is 6.69. The summed E-state index contributed by atoms with van der Waals surface area (Å²) in [5.74, 6) is 1.12. The van der Waals surface area contributed by atoms with Crippen molar-refractivity contribution in [3.05, 3.63) is 29.8 Å². The highest BCUT2D eigenvalue weighted by Gasteiger charge is 2.13. The minimum Gasteiger partial charge on any atom is -0.497 e. The normalized spacial score (nSPS) is 14.9. The van der Waals surface area contributed by atoms with Gasteiger partial charge in [0.05, 0.1) is 13.2 Å². The number of rotatable bonds is 4. The Morgan fingerprint density at radius 1 is 1.29 bits per heavy atom. The average Bonchev–Trinajstić information content (AvgIpc) is 2.27. The fraction of sp³-hybridized carbons (Fsp3) is 0.500. The van der Waals surface area contributed by atoms with Crippen LogP contribution < -0.4 is 4.74 Å². The first kappa shape index (κ1) is 11.1. The molecule has 0 heterocycles. The number of methoxy groups -OCH3 is 1. The maximum absolute atomic E-state index is 9.91. The van der Waals surface area contributed by atoms with Crippen molar-refractivity contribution in [3.63, 3.8) is 0 Å². The van der Waals surface area contributed by atoms with Crippen molar-refractivity contribution in [2.24, 2.45) is 5.92 Å². The number of hydrogen-bond donors (Lipinski definition) is 1. The smallest absolute Gasteiger partial charge is 0.118 e. The number of benzene rings is 1. The van der Waals surface area contributed by atoms with Gasteiger partial charge in [0.25, 0.3) is 0 Å². The van der Waals surface area contributed by atoms with Crippen molar-refractivity contribution in [3.8, 4) is 5.75 Å². The summed E-state index contributed by atoms with van der Waals surface area (Å²) in [6.45, 7) is 4.13. The Kier molecular flexibility index (Phi) is 3.96. The predicted octanol–water partition coefficient (Wildman–Crippen LogP) is 2.77. The summed E-state index contributed by atoms with van der Waals surface area (Å²) in [5, 5.41) is 9.91. The lowest BCUT2D eigenvalue weighted by atomic mass is 9.95. The lowest BCUT2D eigenvalue weighted by Crippen LogP contribution is -2.07. The van der Waals surface area contributed by atoms with E-state index in [1.165, 1.54) is 0 Å². The van der Waals surface area contributed by atoms with E-state index in [0.717, 1.165) is 17.7 Å². The first-order valence-electron chi connectivity index (χ1n) is 5.01. The Balaban J connectivity index is 2.75. The molecule has 0 saturated carbocycles. The van der Waals surface area contributed by atoms with E-state index >= 15 is 0 Å². The molecule has 0 unspecified atom stereocenters. The molecule has 0 saturated heterocycles. The molecule has 0 amide bonds. The second kappa shape index (κ2) is 5.01. The fourth-order valence-electron chi connectivity index (χ4n) is 1.35. The van der Waals surface area contributed by atoms with Gasteiger partial charge in [-0.05, 0) is 23.6 Å². The third-order valence-corrected chi connectivity index (χ3v) is 2.64. The molecule has 2 atom stereocenters. The van der Waals surface area contributed by atoms with Crippen molar-refractivity contribution < 1.29 is 9.84 Å². The molecule has 0 aromatic heterocycles. The summed E-state index contributed by atoms with van der Waals surface area (Å²) >= 11 is 0. The average molecular weight is 194 g/mol. The Bertz CT molecular complexity index is 266. The first-order valence-corrected chi connectivity index (χ1v) is 5.01. The maximum atomic E-state index is 9.91. The topological polar surface area (TPSA) is 29.5 Å². The number of hydrogen-bond acceptors (Lipinski definition) is 2. The molecule has 0 fully saturated rings. The van der Waals surface area contributed by atoms with Gasteiger partial charge in [0, 0.05) is 0 Å². The zero-order valence-corrected chi connectivity index (χ0v) is 9.03. The van der Waals surface area contributed by atoms with Crippen molar-refractivity contribution in [1.29, 1.82) is 0 Å². The molecule has 0 radical (unpaired) electrons. The quantitative estimate of drug-likeness (QED) is 0.798. The Morgan fingerprint density at radius 2 is 1.86 bits per heavy atom. The highest BCUT2D eigenvalue weighted by molar-refractivity contribution is 5.28. The molecule has 2 nitrogen and oxygen atoms in total. The van der Waals surface area contributed by atoms with Crippen LogP contribution in [0.1, 0.15) is 31.9 Å². The van der Waals surface area contributed by atoms with E-state index in [4.69, 9.17) is 4.74 Å². The molecule has 0 aliphatic rings. The van der Waals surface area contributed by atoms with Gasteiger partial charge in [-0.2, -0.15) is 0 Å². The lowest BCUT2D eigenvalue weighted by Gasteiger charge is -2.17. The van der Waals surface area contributed by atoms with Crippen LogP contribution in [0.2, 0.25) is 0 Å². The molecule has 0 aliphatic carbocycles. The predicted molar refractivity (Wildman–Crippen MR) is 57.4 cm³/mol. The Labute approximate surface area is 85.5 Å². The van der Waals surface area contributed by atoms with E-state index in [0.29, 0.717) is 5.92 Å². The molecule has 2 heteroatoms. The maximum Gasteiger partial charge on any atom is 0.118 e. The molecule has 0 spiro atoms. The van der Waals surface area contributed by atoms with Crippen LogP contribution in [0.5, 0.6) is 5.75 Å². The molecule has 1 N–H and O–H groups in total. The van der Waals surface area contributed by atoms with Crippen molar-refractivity contribution in [1.82, 2.24) is 0 Å². The van der Waals surface area contributed by atoms with Gasteiger partial charge in [-0.3, -0.25) is 0 Å². The van der Waals surface area contributed by atoms with E-state index in [2.05, 4.69) is 13.8 Å². The molecule has 0 aliphatic heterocycles. The van der Waals surface area contributed by atoms with Crippen LogP contribution in [0, 0.1) is 5.92 Å². The number of aliphatic hydroxyl groups is 1. The molecule has 78 valence electrons. The highest BCUT2D eigenvalue weighted by atomic mass is 16.5. The molecule has 14 heavy (non-hydrogen) atoms. The van der Waals surface area contributed by atoms with Crippen LogP contribution in [0.25, 0.3) is 0 Å². The third kappa shape index (κ3) is 2.48. The zero-order chi connectivity index (χ0) is 10.6. The second-order valence-corrected chi connectivity index (χ2v) is 3.60. The standard InChI is InChI=1S/C12H18O2/c1-4-9(2)12(13)10-5-7-11(14-3)8-6-10/h5-9,12-13H,4H2,1-3H3/t9-,12+/m0/s1. The lowest BCUT2D eigenvalue weighted by molar-refractivity contribution is 0.115. The van der Waals surface area contributed by atoms with E-state index in [-0.39, 0.29) is 6.10 Å². The Morgan fingerprint density at radius 3 is 2.29 bits per heavy atom. The minimum absolute atomic E-state index is 0.295. The summed E-state index contributed by atoms with van der Waals surface area (Å²) in [6.07, 6.45) is 0.610.